The zero-order valence-electron chi connectivity index (χ0n) is 24.8. The van der Waals surface area contributed by atoms with E-state index < -0.39 is 0 Å². The summed E-state index contributed by atoms with van der Waals surface area (Å²) < 4.78 is 13.0. The Morgan fingerprint density at radius 3 is 2.41 bits per heavy atom. The summed E-state index contributed by atoms with van der Waals surface area (Å²) in [5, 5.41) is 10.9. The van der Waals surface area contributed by atoms with E-state index in [0.717, 1.165) is 24.7 Å². The van der Waals surface area contributed by atoms with Crippen LogP contribution in [0.3, 0.4) is 0 Å². The molecule has 0 bridgehead atoms. The second kappa shape index (κ2) is 8.35. The van der Waals surface area contributed by atoms with E-state index >= 15 is 0 Å². The number of hydrogen-bond acceptors (Lipinski definition) is 4. The smallest absolute Gasteiger partial charge is 0.409 e. The first-order valence-electron chi connectivity index (χ1n) is 15.5. The second-order valence-corrected chi connectivity index (χ2v) is 15.9. The molecule has 6 rings (SSSR count). The van der Waals surface area contributed by atoms with Gasteiger partial charge in [-0.3, -0.25) is 0 Å². The third-order valence-corrected chi connectivity index (χ3v) is 13.5. The van der Waals surface area contributed by atoms with Gasteiger partial charge in [-0.05, 0) is 115 Å². The van der Waals surface area contributed by atoms with E-state index in [-0.39, 0.29) is 41.8 Å². The Morgan fingerprint density at radius 2 is 1.73 bits per heavy atom. The number of hydrogen-bond donors (Lipinski definition) is 1. The minimum absolute atomic E-state index is 0.0125. The lowest BCUT2D eigenvalue weighted by molar-refractivity contribution is -0.166. The molecule has 0 aromatic carbocycles. The molecule has 1 heterocycles. The van der Waals surface area contributed by atoms with Crippen molar-refractivity contribution in [2.24, 2.45) is 57.2 Å². The highest BCUT2D eigenvalue weighted by Gasteiger charge is 2.80. The summed E-state index contributed by atoms with van der Waals surface area (Å²) in [5.74, 6) is 3.67. The second-order valence-electron chi connectivity index (χ2n) is 15.9. The fourth-order valence-corrected chi connectivity index (χ4v) is 11.9. The number of rotatable bonds is 3. The third-order valence-electron chi connectivity index (χ3n) is 13.5. The van der Waals surface area contributed by atoms with Crippen LogP contribution in [0.15, 0.2) is 0 Å². The van der Waals surface area contributed by atoms with Crippen LogP contribution >= 0.6 is 0 Å². The van der Waals surface area contributed by atoms with Gasteiger partial charge in [0.1, 0.15) is 6.10 Å². The van der Waals surface area contributed by atoms with Crippen LogP contribution in [0.2, 0.25) is 0 Å². The molecule has 6 fully saturated rings. The first-order chi connectivity index (χ1) is 17.3. The molecule has 1 N–H and O–H groups in total. The van der Waals surface area contributed by atoms with Crippen LogP contribution in [0.1, 0.15) is 99.3 Å². The van der Waals surface area contributed by atoms with Gasteiger partial charge in [0, 0.05) is 14.1 Å². The van der Waals surface area contributed by atoms with Gasteiger partial charge in [0.2, 0.25) is 0 Å². The maximum Gasteiger partial charge on any atom is 0.409 e. The molecule has 5 aliphatic carbocycles. The van der Waals surface area contributed by atoms with E-state index in [9.17, 15) is 9.90 Å². The molecule has 5 heteroatoms. The fourth-order valence-electron chi connectivity index (χ4n) is 11.9. The van der Waals surface area contributed by atoms with E-state index in [0.29, 0.717) is 34.0 Å². The SMILES string of the molecule is CC(C)[C@@H](OC(=O)N(C)C)C1C[C@@H](C)[C@H]2C(CC3C4CC[C@H]5C(C)(C)[C@@H](O)CC[C@@]56C[C@@]46CC[C@@]32C)O1. The minimum atomic E-state index is -0.262. The van der Waals surface area contributed by atoms with Crippen LogP contribution in [0.25, 0.3) is 0 Å². The van der Waals surface area contributed by atoms with E-state index in [1.165, 1.54) is 49.8 Å². The van der Waals surface area contributed by atoms with Crippen molar-refractivity contribution in [1.82, 2.24) is 4.90 Å². The van der Waals surface area contributed by atoms with Crippen LogP contribution in [0.5, 0.6) is 0 Å². The molecule has 0 aromatic rings. The van der Waals surface area contributed by atoms with E-state index in [2.05, 4.69) is 41.5 Å². The molecule has 6 aliphatic rings. The number of ether oxygens (including phenoxy) is 2. The lowest BCUT2D eigenvalue weighted by Crippen LogP contribution is -2.55. The highest BCUT2D eigenvalue weighted by atomic mass is 16.6. The van der Waals surface area contributed by atoms with E-state index in [1.54, 1.807) is 14.1 Å². The molecule has 1 amide bonds. The Morgan fingerprint density at radius 1 is 1.00 bits per heavy atom. The molecule has 37 heavy (non-hydrogen) atoms. The van der Waals surface area contributed by atoms with Gasteiger partial charge in [0.15, 0.2) is 0 Å². The minimum Gasteiger partial charge on any atom is -0.443 e. The van der Waals surface area contributed by atoms with Crippen LogP contribution in [-0.2, 0) is 9.47 Å². The maximum absolute atomic E-state index is 12.5. The van der Waals surface area contributed by atoms with Gasteiger partial charge in [-0.25, -0.2) is 4.79 Å². The van der Waals surface area contributed by atoms with Gasteiger partial charge in [-0.15, -0.1) is 0 Å². The summed E-state index contributed by atoms with van der Waals surface area (Å²) in [7, 11) is 3.51. The summed E-state index contributed by atoms with van der Waals surface area (Å²) in [6.07, 6.45) is 10.9. The molecule has 4 unspecified atom stereocenters. The average molecular weight is 516 g/mol. The number of amides is 1. The first-order valence-corrected chi connectivity index (χ1v) is 15.5. The van der Waals surface area contributed by atoms with Gasteiger partial charge >= 0.3 is 6.09 Å². The van der Waals surface area contributed by atoms with Crippen LogP contribution in [0, 0.1) is 57.2 Å². The Hall–Kier alpha value is -0.810. The summed E-state index contributed by atoms with van der Waals surface area (Å²) in [5.41, 5.74) is 1.43. The third kappa shape index (κ3) is 3.44. The van der Waals surface area contributed by atoms with Crippen molar-refractivity contribution < 1.29 is 19.4 Å². The topological polar surface area (TPSA) is 59.0 Å². The molecule has 1 aliphatic heterocycles. The zero-order valence-corrected chi connectivity index (χ0v) is 24.8. The molecule has 2 spiro atoms. The summed E-state index contributed by atoms with van der Waals surface area (Å²) >= 11 is 0. The van der Waals surface area contributed by atoms with Crippen LogP contribution < -0.4 is 0 Å². The predicted molar refractivity (Wildman–Crippen MR) is 145 cm³/mol. The maximum atomic E-state index is 12.5. The lowest BCUT2D eigenvalue weighted by Gasteiger charge is -2.59. The van der Waals surface area contributed by atoms with Crippen molar-refractivity contribution in [3.63, 3.8) is 0 Å². The van der Waals surface area contributed by atoms with Gasteiger partial charge in [0.05, 0.1) is 18.3 Å². The molecule has 210 valence electrons. The van der Waals surface area contributed by atoms with Crippen LogP contribution in [0.4, 0.5) is 4.79 Å². The normalized spacial score (nSPS) is 52.2. The fraction of sp³-hybridized carbons (Fsp3) is 0.969. The van der Waals surface area contributed by atoms with E-state index in [1.807, 2.05) is 0 Å². The highest BCUT2D eigenvalue weighted by molar-refractivity contribution is 5.67. The highest BCUT2D eigenvalue weighted by Crippen LogP contribution is 2.87. The number of nitrogens with zero attached hydrogens (tertiary/aromatic N) is 1. The summed E-state index contributed by atoms with van der Waals surface area (Å²) in [6, 6.07) is 0. The molecule has 1 saturated heterocycles. The molecule has 0 aromatic heterocycles. The van der Waals surface area contributed by atoms with Crippen molar-refractivity contribution in [3.05, 3.63) is 0 Å². The number of aliphatic hydroxyl groups excluding tert-OH is 1. The molecule has 12 atom stereocenters. The van der Waals surface area contributed by atoms with Crippen LogP contribution in [-0.4, -0.2) is 54.6 Å². The largest absolute Gasteiger partial charge is 0.443 e. The zero-order chi connectivity index (χ0) is 26.7. The van der Waals surface area contributed by atoms with Gasteiger partial charge in [-0.1, -0.05) is 41.5 Å². The van der Waals surface area contributed by atoms with Crippen molar-refractivity contribution >= 4 is 6.09 Å². The molecular formula is C32H53NO4. The quantitative estimate of drug-likeness (QED) is 0.465. The monoisotopic (exact) mass is 515 g/mol. The molecule has 5 nitrogen and oxygen atoms in total. The first kappa shape index (κ1) is 26.4. The molecular weight excluding hydrogens is 462 g/mol. The molecule has 0 radical (unpaired) electrons. The number of aliphatic hydroxyl groups is 1. The predicted octanol–water partition coefficient (Wildman–Crippen LogP) is 6.52. The van der Waals surface area contributed by atoms with Crippen molar-refractivity contribution in [2.75, 3.05) is 14.1 Å². The Kier molecular flexibility index (Phi) is 5.96. The number of fused-ring (bicyclic) bond motifs is 4. The van der Waals surface area contributed by atoms with Gasteiger partial charge < -0.3 is 19.5 Å². The number of carbonyl (C=O) groups is 1. The standard InChI is InChI=1S/C32H53NO4/c1-18(2)27(37-28(35)33(7)8)23-15-19(3)26-22(36-23)16-21-20-9-10-24-29(4,5)25(34)11-12-32(24)17-31(20,32)14-13-30(21,26)6/h18-27,34H,9-17H2,1-8H3/t19-,20?,21?,22?,23?,24+,25+,26+,27-,30+,31+,32-/m1/s1. The Bertz CT molecular complexity index is 932. The Balaban J connectivity index is 1.25. The van der Waals surface area contributed by atoms with Crippen molar-refractivity contribution in [3.8, 4) is 0 Å². The van der Waals surface area contributed by atoms with Gasteiger partial charge in [-0.2, -0.15) is 0 Å². The summed E-state index contributed by atoms with van der Waals surface area (Å²) in [6.45, 7) is 14.1. The van der Waals surface area contributed by atoms with E-state index in [4.69, 9.17) is 9.47 Å². The van der Waals surface area contributed by atoms with Gasteiger partial charge in [0.25, 0.3) is 0 Å². The average Bonchev–Trinajstić information content (AvgIpc) is 3.39. The Labute approximate surface area is 225 Å². The van der Waals surface area contributed by atoms with Crippen molar-refractivity contribution in [1.29, 1.82) is 0 Å². The number of carbonyl (C=O) groups excluding carboxylic acids is 1. The van der Waals surface area contributed by atoms with Crippen molar-refractivity contribution in [2.45, 2.75) is 124 Å². The molecule has 5 saturated carbocycles. The lowest BCUT2D eigenvalue weighted by atomic mass is 9.46. The summed E-state index contributed by atoms with van der Waals surface area (Å²) in [4.78, 5) is 14.0.